The van der Waals surface area contributed by atoms with Crippen molar-refractivity contribution < 1.29 is 4.74 Å². The maximum Gasteiger partial charge on any atom is 0.123 e. The summed E-state index contributed by atoms with van der Waals surface area (Å²) in [4.78, 5) is 0. The van der Waals surface area contributed by atoms with Crippen molar-refractivity contribution in [2.45, 2.75) is 52.1 Å². The predicted octanol–water partition coefficient (Wildman–Crippen LogP) is 3.70. The highest BCUT2D eigenvalue weighted by Crippen LogP contribution is 2.33. The highest BCUT2D eigenvalue weighted by Gasteiger charge is 2.23. The van der Waals surface area contributed by atoms with Crippen molar-refractivity contribution in [3.8, 4) is 5.75 Å². The van der Waals surface area contributed by atoms with Gasteiger partial charge in [-0.3, -0.25) is 0 Å². The summed E-state index contributed by atoms with van der Waals surface area (Å²) in [6.07, 6.45) is 2.57. The Morgan fingerprint density at radius 2 is 2.07 bits per heavy atom. The van der Waals surface area contributed by atoms with E-state index in [0.29, 0.717) is 6.10 Å². The van der Waals surface area contributed by atoms with Crippen molar-refractivity contribution in [2.75, 3.05) is 0 Å². The first-order valence-corrected chi connectivity index (χ1v) is 5.81. The van der Waals surface area contributed by atoms with Crippen LogP contribution in [0.5, 0.6) is 5.75 Å². The molecule has 1 aromatic rings. The van der Waals surface area contributed by atoms with E-state index < -0.39 is 0 Å². The van der Waals surface area contributed by atoms with Crippen LogP contribution in [0.2, 0.25) is 0 Å². The molecule has 0 saturated heterocycles. The summed E-state index contributed by atoms with van der Waals surface area (Å²) >= 11 is 0. The molecule has 0 saturated carbocycles. The van der Waals surface area contributed by atoms with Gasteiger partial charge in [-0.2, -0.15) is 0 Å². The molecule has 1 aromatic carbocycles. The number of rotatable bonds is 1. The Hall–Kier alpha value is -0.980. The van der Waals surface area contributed by atoms with Crippen molar-refractivity contribution in [2.24, 2.45) is 0 Å². The highest BCUT2D eigenvalue weighted by atomic mass is 16.5. The highest BCUT2D eigenvalue weighted by molar-refractivity contribution is 5.42. The van der Waals surface area contributed by atoms with E-state index in [4.69, 9.17) is 4.74 Å². The molecule has 1 nitrogen and oxygen atoms in total. The molecule has 1 heterocycles. The van der Waals surface area contributed by atoms with Crippen LogP contribution < -0.4 is 4.74 Å². The zero-order valence-corrected chi connectivity index (χ0v) is 10.1. The van der Waals surface area contributed by atoms with Crippen LogP contribution in [0, 0.1) is 0 Å². The van der Waals surface area contributed by atoms with Gasteiger partial charge in [-0.05, 0) is 29.0 Å². The van der Waals surface area contributed by atoms with Crippen LogP contribution in [-0.2, 0) is 11.8 Å². The third kappa shape index (κ3) is 2.01. The Morgan fingerprint density at radius 3 is 2.67 bits per heavy atom. The van der Waals surface area contributed by atoms with Gasteiger partial charge in [-0.15, -0.1) is 0 Å². The molecule has 1 aliphatic heterocycles. The maximum atomic E-state index is 5.82. The van der Waals surface area contributed by atoms with E-state index >= 15 is 0 Å². The summed E-state index contributed by atoms with van der Waals surface area (Å²) < 4.78 is 5.82. The molecule has 0 aliphatic carbocycles. The fourth-order valence-corrected chi connectivity index (χ4v) is 2.01. The average molecular weight is 204 g/mol. The fourth-order valence-electron chi connectivity index (χ4n) is 2.01. The lowest BCUT2D eigenvalue weighted by Crippen LogP contribution is -2.11. The number of hydrogen-bond donors (Lipinski definition) is 0. The molecule has 0 spiro atoms. The molecule has 1 aliphatic rings. The summed E-state index contributed by atoms with van der Waals surface area (Å²) in [5.74, 6) is 1.09. The normalized spacial score (nSPS) is 19.9. The first-order chi connectivity index (χ1) is 7.00. The first kappa shape index (κ1) is 10.5. The molecule has 1 unspecified atom stereocenters. The van der Waals surface area contributed by atoms with Gasteiger partial charge in [0.2, 0.25) is 0 Å². The van der Waals surface area contributed by atoms with E-state index in [9.17, 15) is 0 Å². The van der Waals surface area contributed by atoms with Crippen LogP contribution in [0.25, 0.3) is 0 Å². The lowest BCUT2D eigenvalue weighted by molar-refractivity contribution is 0.228. The Labute approximate surface area is 92.5 Å². The quantitative estimate of drug-likeness (QED) is 0.677. The molecular formula is C14H20O. The van der Waals surface area contributed by atoms with Crippen LogP contribution in [0.15, 0.2) is 18.2 Å². The molecular weight excluding hydrogens is 184 g/mol. The van der Waals surface area contributed by atoms with E-state index in [1.807, 2.05) is 0 Å². The molecule has 1 atom stereocenters. The van der Waals surface area contributed by atoms with E-state index in [1.54, 1.807) is 0 Å². The Bertz CT molecular complexity index is 360. The average Bonchev–Trinajstić information content (AvgIpc) is 2.57. The summed E-state index contributed by atoms with van der Waals surface area (Å²) in [6, 6.07) is 6.63. The molecule has 15 heavy (non-hydrogen) atoms. The predicted molar refractivity (Wildman–Crippen MR) is 63.6 cm³/mol. The van der Waals surface area contributed by atoms with Gasteiger partial charge in [0, 0.05) is 6.42 Å². The minimum absolute atomic E-state index is 0.235. The lowest BCUT2D eigenvalue weighted by Gasteiger charge is -2.19. The number of fused-ring (bicyclic) bond motifs is 1. The summed E-state index contributed by atoms with van der Waals surface area (Å²) in [6.45, 7) is 8.94. The van der Waals surface area contributed by atoms with E-state index in [2.05, 4.69) is 45.9 Å². The number of benzene rings is 1. The van der Waals surface area contributed by atoms with Crippen LogP contribution >= 0.6 is 0 Å². The van der Waals surface area contributed by atoms with Gasteiger partial charge in [-0.25, -0.2) is 0 Å². The smallest absolute Gasteiger partial charge is 0.123 e. The second-order valence-corrected chi connectivity index (χ2v) is 5.42. The van der Waals surface area contributed by atoms with Crippen LogP contribution in [-0.4, -0.2) is 6.10 Å². The summed E-state index contributed by atoms with van der Waals surface area (Å²) in [7, 11) is 0. The molecule has 0 aromatic heterocycles. The van der Waals surface area contributed by atoms with Gasteiger partial charge in [0.1, 0.15) is 11.9 Å². The molecule has 82 valence electrons. The largest absolute Gasteiger partial charge is 0.490 e. The molecule has 0 fully saturated rings. The fraction of sp³-hybridized carbons (Fsp3) is 0.571. The second-order valence-electron chi connectivity index (χ2n) is 5.42. The van der Waals surface area contributed by atoms with Crippen LogP contribution in [0.4, 0.5) is 0 Å². The van der Waals surface area contributed by atoms with Crippen molar-refractivity contribution in [3.63, 3.8) is 0 Å². The monoisotopic (exact) mass is 204 g/mol. The molecule has 0 amide bonds. The summed E-state index contributed by atoms with van der Waals surface area (Å²) in [5, 5.41) is 0. The zero-order valence-electron chi connectivity index (χ0n) is 10.1. The molecule has 0 radical (unpaired) electrons. The lowest BCUT2D eigenvalue weighted by atomic mass is 9.86. The van der Waals surface area contributed by atoms with Gasteiger partial charge in [0.15, 0.2) is 0 Å². The van der Waals surface area contributed by atoms with Gasteiger partial charge < -0.3 is 4.74 Å². The van der Waals surface area contributed by atoms with Crippen molar-refractivity contribution in [1.29, 1.82) is 0 Å². The van der Waals surface area contributed by atoms with Gasteiger partial charge >= 0.3 is 0 Å². The maximum absolute atomic E-state index is 5.82. The van der Waals surface area contributed by atoms with E-state index in [1.165, 1.54) is 11.1 Å². The zero-order chi connectivity index (χ0) is 11.1. The van der Waals surface area contributed by atoms with Crippen LogP contribution in [0.3, 0.4) is 0 Å². The molecule has 0 N–H and O–H groups in total. The summed E-state index contributed by atoms with van der Waals surface area (Å²) in [5.41, 5.74) is 3.02. The van der Waals surface area contributed by atoms with Gasteiger partial charge in [-0.1, -0.05) is 39.8 Å². The SMILES string of the molecule is CCC1Cc2cc(C(C)(C)C)ccc2O1. The van der Waals surface area contributed by atoms with Gasteiger partial charge in [0.25, 0.3) is 0 Å². The Morgan fingerprint density at radius 1 is 1.33 bits per heavy atom. The topological polar surface area (TPSA) is 9.23 Å². The third-order valence-electron chi connectivity index (χ3n) is 3.12. The Balaban J connectivity index is 2.30. The Kier molecular flexibility index (Phi) is 2.49. The van der Waals surface area contributed by atoms with Crippen molar-refractivity contribution >= 4 is 0 Å². The van der Waals surface area contributed by atoms with Crippen molar-refractivity contribution in [1.82, 2.24) is 0 Å². The molecule has 1 heteroatoms. The van der Waals surface area contributed by atoms with E-state index in [-0.39, 0.29) is 5.41 Å². The molecule has 0 bridgehead atoms. The first-order valence-electron chi connectivity index (χ1n) is 5.81. The van der Waals surface area contributed by atoms with Gasteiger partial charge in [0.05, 0.1) is 0 Å². The minimum atomic E-state index is 0.235. The molecule has 2 rings (SSSR count). The van der Waals surface area contributed by atoms with Crippen LogP contribution in [0.1, 0.15) is 45.2 Å². The minimum Gasteiger partial charge on any atom is -0.490 e. The third-order valence-corrected chi connectivity index (χ3v) is 3.12. The second kappa shape index (κ2) is 3.55. The standard InChI is InChI=1S/C14H20O/c1-5-12-9-10-8-11(14(2,3)4)6-7-13(10)15-12/h6-8,12H,5,9H2,1-4H3. The number of ether oxygens (including phenoxy) is 1. The van der Waals surface area contributed by atoms with Crippen molar-refractivity contribution in [3.05, 3.63) is 29.3 Å². The van der Waals surface area contributed by atoms with E-state index in [0.717, 1.165) is 18.6 Å². The number of hydrogen-bond acceptors (Lipinski definition) is 1.